The molecule has 0 aromatic rings. The van der Waals surface area contributed by atoms with Gasteiger partial charge in [-0.05, 0) is 0 Å². The summed E-state index contributed by atoms with van der Waals surface area (Å²) in [5.41, 5.74) is 0. The van der Waals surface area contributed by atoms with Crippen molar-refractivity contribution in [2.24, 2.45) is 0 Å². The smallest absolute Gasteiger partial charge is 0.481 e. The molecule has 0 aromatic heterocycles. The third-order valence-corrected chi connectivity index (χ3v) is 0.611. The van der Waals surface area contributed by atoms with Crippen molar-refractivity contribution in [2.45, 2.75) is 32.8 Å². The second-order valence-corrected chi connectivity index (χ2v) is 2.74. The average Bonchev–Trinajstić information content (AvgIpc) is 1.90. The van der Waals surface area contributed by atoms with E-state index in [9.17, 15) is 35.9 Å². The van der Waals surface area contributed by atoms with Crippen LogP contribution in [0, 0.1) is 0 Å². The minimum absolute atomic E-state index is 0.688. The van der Waals surface area contributed by atoms with Crippen LogP contribution in [0.4, 0.5) is 26.3 Å². The van der Waals surface area contributed by atoms with Crippen LogP contribution < -0.4 is 0 Å². The van der Waals surface area contributed by atoms with Crippen molar-refractivity contribution >= 4 is 17.9 Å². The van der Waals surface area contributed by atoms with Gasteiger partial charge in [-0.3, -0.25) is 14.4 Å². The van der Waals surface area contributed by atoms with Crippen LogP contribution in [0.25, 0.3) is 0 Å². The van der Waals surface area contributed by atoms with Crippen molar-refractivity contribution in [2.75, 3.05) is 0 Å². The normalized spacial score (nSPS) is 10.2. The Morgan fingerprint density at radius 3 is 1.25 bits per heavy atom. The molecule has 0 saturated carbocycles. The van der Waals surface area contributed by atoms with E-state index in [2.05, 4.69) is 4.74 Å². The van der Waals surface area contributed by atoms with Crippen LogP contribution in [0.2, 0.25) is 0 Å². The quantitative estimate of drug-likeness (QED) is 0.568. The van der Waals surface area contributed by atoms with Gasteiger partial charge < -0.3 is 14.9 Å². The van der Waals surface area contributed by atoms with Crippen molar-refractivity contribution < 1.29 is 55.7 Å². The van der Waals surface area contributed by atoms with Gasteiger partial charge in [0.05, 0.1) is 0 Å². The lowest BCUT2D eigenvalue weighted by Gasteiger charge is -2.02. The zero-order chi connectivity index (χ0) is 17.1. The molecule has 0 aliphatic rings. The Morgan fingerprint density at radius 1 is 0.950 bits per heavy atom. The SMILES string of the molecule is CC(=O)O.CC(=O)OC(F)(F)F.O=C(O)CC(F)(F)F. The van der Waals surface area contributed by atoms with Gasteiger partial charge in [0.1, 0.15) is 6.42 Å². The summed E-state index contributed by atoms with van der Waals surface area (Å²) in [6.07, 6.45) is -11.2. The molecule has 12 heteroatoms. The molecule has 0 amide bonds. The topological polar surface area (TPSA) is 101 Å². The van der Waals surface area contributed by atoms with Gasteiger partial charge in [0.2, 0.25) is 0 Å². The van der Waals surface area contributed by atoms with Crippen LogP contribution in [0.3, 0.4) is 0 Å². The molecule has 0 bridgehead atoms. The maximum Gasteiger partial charge on any atom is 0.575 e. The van der Waals surface area contributed by atoms with Crippen molar-refractivity contribution in [3.05, 3.63) is 0 Å². The van der Waals surface area contributed by atoms with E-state index in [1.54, 1.807) is 0 Å². The number of ether oxygens (including phenoxy) is 1. The molecule has 0 atom stereocenters. The van der Waals surface area contributed by atoms with E-state index >= 15 is 0 Å². The van der Waals surface area contributed by atoms with E-state index in [-0.39, 0.29) is 0 Å². The lowest BCUT2D eigenvalue weighted by molar-refractivity contribution is -0.304. The maximum atomic E-state index is 10.9. The van der Waals surface area contributed by atoms with Gasteiger partial charge in [-0.2, -0.15) is 13.2 Å². The third-order valence-electron chi connectivity index (χ3n) is 0.611. The Labute approximate surface area is 107 Å². The van der Waals surface area contributed by atoms with Crippen molar-refractivity contribution in [1.29, 1.82) is 0 Å². The molecule has 0 unspecified atom stereocenters. The number of carboxylic acid groups (broad SMARTS) is 2. The Kier molecular flexibility index (Phi) is 11.4. The zero-order valence-electron chi connectivity index (χ0n) is 10.0. The first kappa shape index (κ1) is 23.1. The first-order valence-electron chi connectivity index (χ1n) is 4.31. The van der Waals surface area contributed by atoms with E-state index in [1.165, 1.54) is 0 Å². The van der Waals surface area contributed by atoms with Crippen molar-refractivity contribution in [3.8, 4) is 0 Å². The summed E-state index contributed by atoms with van der Waals surface area (Å²) in [4.78, 5) is 27.8. The first-order valence-corrected chi connectivity index (χ1v) is 4.31. The summed E-state index contributed by atoms with van der Waals surface area (Å²) in [5.74, 6) is -4.03. The summed E-state index contributed by atoms with van der Waals surface area (Å²) in [7, 11) is 0. The largest absolute Gasteiger partial charge is 0.575 e. The minimum Gasteiger partial charge on any atom is -0.481 e. The molecule has 0 radical (unpaired) electrons. The van der Waals surface area contributed by atoms with E-state index < -0.39 is 36.9 Å². The number of rotatable bonds is 1. The molecule has 120 valence electrons. The number of carbonyl (C=O) groups is 3. The van der Waals surface area contributed by atoms with Gasteiger partial charge >= 0.3 is 24.5 Å². The van der Waals surface area contributed by atoms with Gasteiger partial charge in [-0.1, -0.05) is 0 Å². The minimum atomic E-state index is -4.83. The molecule has 2 N–H and O–H groups in total. The maximum absolute atomic E-state index is 10.9. The van der Waals surface area contributed by atoms with Gasteiger partial charge in [-0.25, -0.2) is 0 Å². The summed E-state index contributed by atoms with van der Waals surface area (Å²) in [6, 6.07) is 0. The molecular formula is C8H10F6O6. The number of hydrogen-bond acceptors (Lipinski definition) is 4. The number of carbonyl (C=O) groups excluding carboxylic acids is 1. The molecule has 6 nitrogen and oxygen atoms in total. The van der Waals surface area contributed by atoms with Crippen molar-refractivity contribution in [3.63, 3.8) is 0 Å². The molecule has 0 rings (SSSR count). The average molecular weight is 316 g/mol. The predicted molar refractivity (Wildman–Crippen MR) is 49.4 cm³/mol. The second kappa shape index (κ2) is 9.86. The van der Waals surface area contributed by atoms with Crippen LogP contribution in [-0.4, -0.2) is 40.7 Å². The highest BCUT2D eigenvalue weighted by Gasteiger charge is 2.32. The van der Waals surface area contributed by atoms with Gasteiger partial charge in [-0.15, -0.1) is 13.2 Å². The Balaban J connectivity index is -0.000000230. The molecule has 0 fully saturated rings. The van der Waals surface area contributed by atoms with E-state index in [0.29, 0.717) is 6.92 Å². The summed E-state index contributed by atoms with van der Waals surface area (Å²) < 4.78 is 68.2. The number of hydrogen-bond donors (Lipinski definition) is 2. The van der Waals surface area contributed by atoms with Crippen LogP contribution in [-0.2, 0) is 19.1 Å². The van der Waals surface area contributed by atoms with Crippen LogP contribution in [0.5, 0.6) is 0 Å². The molecule has 0 heterocycles. The number of aliphatic carboxylic acids is 2. The highest BCUT2D eigenvalue weighted by Crippen LogP contribution is 2.18. The number of carboxylic acids is 2. The zero-order valence-corrected chi connectivity index (χ0v) is 10.0. The predicted octanol–water partition coefficient (Wildman–Crippen LogP) is 2.18. The Morgan fingerprint density at radius 2 is 1.25 bits per heavy atom. The molecule has 0 aromatic carbocycles. The third kappa shape index (κ3) is 56.3. The number of esters is 1. The highest BCUT2D eigenvalue weighted by molar-refractivity contribution is 5.67. The summed E-state index contributed by atoms with van der Waals surface area (Å²) in [5, 5.41) is 14.9. The summed E-state index contributed by atoms with van der Waals surface area (Å²) >= 11 is 0. The monoisotopic (exact) mass is 316 g/mol. The number of halogens is 6. The molecule has 0 saturated heterocycles. The lowest BCUT2D eigenvalue weighted by atomic mass is 10.4. The van der Waals surface area contributed by atoms with E-state index in [4.69, 9.17) is 15.0 Å². The van der Waals surface area contributed by atoms with Gasteiger partial charge in [0.25, 0.3) is 5.97 Å². The fourth-order valence-corrected chi connectivity index (χ4v) is 0.334. The molecule has 0 aliphatic heterocycles. The molecule has 20 heavy (non-hydrogen) atoms. The van der Waals surface area contributed by atoms with Crippen LogP contribution >= 0.6 is 0 Å². The lowest BCUT2D eigenvalue weighted by Crippen LogP contribution is -2.16. The van der Waals surface area contributed by atoms with Gasteiger partial charge in [0.15, 0.2) is 0 Å². The Hall–Kier alpha value is -2.01. The number of alkyl halides is 6. The standard InChI is InChI=1S/2C3H3F3O2.C2H4O2/c1-2(7)8-3(4,5)6;4-3(5,6)1-2(7)8;1-2(3)4/h1H3;1H2,(H,7,8);1H3,(H,3,4). The molecule has 0 spiro atoms. The molecule has 0 aliphatic carbocycles. The van der Waals surface area contributed by atoms with E-state index in [1.807, 2.05) is 0 Å². The van der Waals surface area contributed by atoms with Gasteiger partial charge in [0, 0.05) is 13.8 Å². The van der Waals surface area contributed by atoms with Crippen LogP contribution in [0.15, 0.2) is 0 Å². The van der Waals surface area contributed by atoms with E-state index in [0.717, 1.165) is 6.92 Å². The highest BCUT2D eigenvalue weighted by atomic mass is 19.4. The molecular weight excluding hydrogens is 306 g/mol. The van der Waals surface area contributed by atoms with Crippen LogP contribution in [0.1, 0.15) is 20.3 Å². The fraction of sp³-hybridized carbons (Fsp3) is 0.625. The first-order chi connectivity index (χ1) is 8.57. The second-order valence-electron chi connectivity index (χ2n) is 2.74. The Bertz CT molecular complexity index is 290. The van der Waals surface area contributed by atoms with Crippen molar-refractivity contribution in [1.82, 2.24) is 0 Å². The summed E-state index contributed by atoms with van der Waals surface area (Å²) in [6.45, 7) is 1.77. The fourth-order valence-electron chi connectivity index (χ4n) is 0.334.